The molecule has 4 rings (SSSR count). The first-order chi connectivity index (χ1) is 16.4. The van der Waals surface area contributed by atoms with Gasteiger partial charge in [0.05, 0.1) is 4.87 Å². The van der Waals surface area contributed by atoms with Crippen molar-refractivity contribution in [1.82, 2.24) is 0 Å². The van der Waals surface area contributed by atoms with Crippen molar-refractivity contribution in [3.05, 3.63) is 106 Å². The fourth-order valence-electron chi connectivity index (χ4n) is 5.40. The Morgan fingerprint density at radius 3 is 2.20 bits per heavy atom. The van der Waals surface area contributed by atoms with E-state index in [2.05, 4.69) is 63.9 Å². The van der Waals surface area contributed by atoms with Crippen LogP contribution in [0.3, 0.4) is 0 Å². The molecule has 1 aliphatic carbocycles. The lowest BCUT2D eigenvalue weighted by Crippen LogP contribution is -2.27. The van der Waals surface area contributed by atoms with Crippen LogP contribution in [0.15, 0.2) is 66.9 Å². The number of nitrogens with zero attached hydrogens (tertiary/aromatic N) is 1. The van der Waals surface area contributed by atoms with Gasteiger partial charge in [0, 0.05) is 41.5 Å². The number of carbonyl (C=O) groups is 1. The van der Waals surface area contributed by atoms with Gasteiger partial charge in [0.1, 0.15) is 0 Å². The van der Waals surface area contributed by atoms with Gasteiger partial charge in [0.2, 0.25) is 0 Å². The van der Waals surface area contributed by atoms with Crippen molar-refractivity contribution in [2.45, 2.75) is 52.3 Å². The Kier molecular flexibility index (Phi) is 6.59. The zero-order chi connectivity index (χ0) is 25.7. The molecule has 0 aliphatic heterocycles. The smallest absolute Gasteiger partial charge is 0.258 e. The maximum absolute atomic E-state index is 13.4. The summed E-state index contributed by atoms with van der Waals surface area (Å²) in [6, 6.07) is 18.6. The highest BCUT2D eigenvalue weighted by Crippen LogP contribution is 2.64. The van der Waals surface area contributed by atoms with Crippen LogP contribution < -0.4 is 10.2 Å². The summed E-state index contributed by atoms with van der Waals surface area (Å²) < 4.78 is 0. The summed E-state index contributed by atoms with van der Waals surface area (Å²) in [5, 5.41) is 3.46. The molecule has 0 spiro atoms. The molecule has 4 heteroatoms. The number of hydrogen-bond donors (Lipinski definition) is 1. The van der Waals surface area contributed by atoms with E-state index >= 15 is 0 Å². The molecule has 3 aromatic carbocycles. The standard InChI is InChI=1S/C31H35ClN2O/c1-18-9-12-27(22(5)14-18)34(8)30(35)26-17-25(11-10-21(26)4)33-23(6)28-29(31(28,7)32)24-15-19(2)13-20(3)16-24/h9-17,28-29,33H,6H2,1-5,7-8H3. The van der Waals surface area contributed by atoms with Gasteiger partial charge in [-0.2, -0.15) is 0 Å². The molecule has 0 heterocycles. The van der Waals surface area contributed by atoms with E-state index in [0.717, 1.165) is 28.2 Å². The third-order valence-electron chi connectivity index (χ3n) is 7.21. The molecule has 0 bridgehead atoms. The van der Waals surface area contributed by atoms with Crippen molar-refractivity contribution in [1.29, 1.82) is 0 Å². The van der Waals surface area contributed by atoms with Crippen molar-refractivity contribution < 1.29 is 4.79 Å². The fourth-order valence-corrected chi connectivity index (χ4v) is 5.84. The second-order valence-electron chi connectivity index (χ2n) is 10.4. The predicted molar refractivity (Wildman–Crippen MR) is 149 cm³/mol. The third kappa shape index (κ3) is 4.88. The number of aryl methyl sites for hydroxylation is 5. The number of amides is 1. The molecule has 1 saturated carbocycles. The van der Waals surface area contributed by atoms with Crippen LogP contribution in [0.2, 0.25) is 0 Å². The van der Waals surface area contributed by atoms with Gasteiger partial charge in [0.25, 0.3) is 5.91 Å². The van der Waals surface area contributed by atoms with Crippen LogP contribution in [-0.4, -0.2) is 17.8 Å². The van der Waals surface area contributed by atoms with Gasteiger partial charge < -0.3 is 10.2 Å². The van der Waals surface area contributed by atoms with E-state index in [9.17, 15) is 4.79 Å². The van der Waals surface area contributed by atoms with Crippen molar-refractivity contribution in [2.24, 2.45) is 5.92 Å². The van der Waals surface area contributed by atoms with Gasteiger partial charge in [0.15, 0.2) is 0 Å². The van der Waals surface area contributed by atoms with Gasteiger partial charge in [-0.1, -0.05) is 59.7 Å². The minimum Gasteiger partial charge on any atom is -0.359 e. The normalized spacial score (nSPS) is 20.9. The van der Waals surface area contributed by atoms with Crippen molar-refractivity contribution in [2.75, 3.05) is 17.3 Å². The fraction of sp³-hybridized carbons (Fsp3) is 0.323. The molecule has 3 unspecified atom stereocenters. The summed E-state index contributed by atoms with van der Waals surface area (Å²) in [5.41, 5.74) is 10.2. The van der Waals surface area contributed by atoms with E-state index in [-0.39, 0.29) is 17.7 Å². The molecule has 1 N–H and O–H groups in total. The Morgan fingerprint density at radius 2 is 1.57 bits per heavy atom. The van der Waals surface area contributed by atoms with Crippen LogP contribution in [0, 0.1) is 40.5 Å². The highest BCUT2D eigenvalue weighted by atomic mass is 35.5. The number of allylic oxidation sites excluding steroid dienone is 1. The number of halogens is 1. The van der Waals surface area contributed by atoms with E-state index in [1.54, 1.807) is 4.90 Å². The lowest BCUT2D eigenvalue weighted by molar-refractivity contribution is 0.0992. The zero-order valence-electron chi connectivity index (χ0n) is 21.8. The van der Waals surface area contributed by atoms with E-state index in [1.807, 2.05) is 51.2 Å². The van der Waals surface area contributed by atoms with Gasteiger partial charge in [-0.15, -0.1) is 11.6 Å². The Balaban J connectivity index is 1.55. The topological polar surface area (TPSA) is 32.3 Å². The van der Waals surface area contributed by atoms with E-state index in [1.165, 1.54) is 22.3 Å². The van der Waals surface area contributed by atoms with Crippen molar-refractivity contribution in [3.63, 3.8) is 0 Å². The second kappa shape index (κ2) is 9.20. The van der Waals surface area contributed by atoms with Gasteiger partial charge in [-0.3, -0.25) is 4.79 Å². The Labute approximate surface area is 214 Å². The Hall–Kier alpha value is -3.04. The molecule has 0 aromatic heterocycles. The Bertz CT molecular complexity index is 1300. The molecule has 3 atom stereocenters. The first-order valence-corrected chi connectivity index (χ1v) is 12.5. The molecule has 0 saturated heterocycles. The van der Waals surface area contributed by atoms with Crippen LogP contribution in [0.1, 0.15) is 56.6 Å². The molecule has 1 amide bonds. The van der Waals surface area contributed by atoms with Crippen molar-refractivity contribution in [3.8, 4) is 0 Å². The molecule has 1 fully saturated rings. The summed E-state index contributed by atoms with van der Waals surface area (Å²) >= 11 is 6.95. The van der Waals surface area contributed by atoms with Gasteiger partial charge >= 0.3 is 0 Å². The van der Waals surface area contributed by atoms with E-state index < -0.39 is 4.87 Å². The molecular formula is C31H35ClN2O. The molecule has 35 heavy (non-hydrogen) atoms. The number of alkyl halides is 1. The predicted octanol–water partition coefficient (Wildman–Crippen LogP) is 7.84. The first kappa shape index (κ1) is 25.1. The summed E-state index contributed by atoms with van der Waals surface area (Å²) in [6.45, 7) is 16.7. The third-order valence-corrected chi connectivity index (χ3v) is 7.68. The van der Waals surface area contributed by atoms with Crippen LogP contribution in [-0.2, 0) is 0 Å². The monoisotopic (exact) mass is 486 g/mol. The summed E-state index contributed by atoms with van der Waals surface area (Å²) in [5.74, 6) is 0.263. The van der Waals surface area contributed by atoms with E-state index in [0.29, 0.717) is 5.56 Å². The molecule has 0 radical (unpaired) electrons. The molecule has 3 aromatic rings. The van der Waals surface area contributed by atoms with Gasteiger partial charge in [-0.25, -0.2) is 0 Å². The van der Waals surface area contributed by atoms with Crippen LogP contribution in [0.25, 0.3) is 0 Å². The quantitative estimate of drug-likeness (QED) is 0.360. The van der Waals surface area contributed by atoms with Gasteiger partial charge in [-0.05, 0) is 76.4 Å². The van der Waals surface area contributed by atoms with Crippen LogP contribution >= 0.6 is 11.6 Å². The summed E-state index contributed by atoms with van der Waals surface area (Å²) in [4.78, 5) is 14.8. The molecule has 182 valence electrons. The first-order valence-electron chi connectivity index (χ1n) is 12.1. The Morgan fingerprint density at radius 1 is 0.914 bits per heavy atom. The van der Waals surface area contributed by atoms with Crippen LogP contribution in [0.5, 0.6) is 0 Å². The second-order valence-corrected chi connectivity index (χ2v) is 11.2. The number of hydrogen-bond acceptors (Lipinski definition) is 2. The molecule has 3 nitrogen and oxygen atoms in total. The molecular weight excluding hydrogens is 452 g/mol. The number of rotatable bonds is 6. The zero-order valence-corrected chi connectivity index (χ0v) is 22.5. The minimum absolute atomic E-state index is 0.0366. The number of carbonyl (C=O) groups excluding carboxylic acids is 1. The maximum atomic E-state index is 13.4. The van der Waals surface area contributed by atoms with Crippen molar-refractivity contribution >= 4 is 28.9 Å². The maximum Gasteiger partial charge on any atom is 0.258 e. The minimum atomic E-state index is -0.392. The number of anilines is 2. The van der Waals surface area contributed by atoms with E-state index in [4.69, 9.17) is 11.6 Å². The summed E-state index contributed by atoms with van der Waals surface area (Å²) in [6.07, 6.45) is 0. The number of benzene rings is 3. The lowest BCUT2D eigenvalue weighted by atomic mass is 10.0. The summed E-state index contributed by atoms with van der Waals surface area (Å²) in [7, 11) is 1.83. The highest BCUT2D eigenvalue weighted by Gasteiger charge is 2.62. The van der Waals surface area contributed by atoms with Crippen LogP contribution in [0.4, 0.5) is 11.4 Å². The highest BCUT2D eigenvalue weighted by molar-refractivity contribution is 6.27. The SMILES string of the molecule is C=C(Nc1ccc(C)c(C(=O)N(C)c2ccc(C)cc2C)c1)C1C(c2cc(C)cc(C)c2)C1(C)Cl. The lowest BCUT2D eigenvalue weighted by Gasteiger charge is -2.21. The average molecular weight is 487 g/mol. The largest absolute Gasteiger partial charge is 0.359 e. The molecule has 1 aliphatic rings. The number of nitrogens with one attached hydrogen (secondary N) is 1. The average Bonchev–Trinajstić information content (AvgIpc) is 3.35.